The largest absolute Gasteiger partial charge is 0.481 e. The molecule has 0 spiro atoms. The minimum absolute atomic E-state index is 0.0324. The average molecular weight is 147 g/mol. The molecule has 60 valence electrons. The predicted octanol–water partition coefficient (Wildman–Crippen LogP) is 0.0151. The summed E-state index contributed by atoms with van der Waals surface area (Å²) in [5.41, 5.74) is 4.82. The standard InChI is InChI=1S/C3H7NO.C3H6O2/c1-3(5)2-4;1-2-3(4)5/h2,4H2,1H3;2H2,1H3,(H,4,5). The molecule has 0 aliphatic rings. The fourth-order valence-electron chi connectivity index (χ4n) is 0. The molecular weight excluding hydrogens is 134 g/mol. The van der Waals surface area contributed by atoms with Gasteiger partial charge in [-0.2, -0.15) is 0 Å². The molecule has 0 bridgehead atoms. The number of carbonyl (C=O) groups excluding carboxylic acids is 1. The van der Waals surface area contributed by atoms with E-state index in [1.165, 1.54) is 6.92 Å². The second-order valence-corrected chi connectivity index (χ2v) is 1.65. The Hall–Kier alpha value is -0.900. The van der Waals surface area contributed by atoms with Crippen LogP contribution in [0.3, 0.4) is 0 Å². The molecule has 0 amide bonds. The molecule has 10 heavy (non-hydrogen) atoms. The lowest BCUT2D eigenvalue weighted by Gasteiger charge is -1.73. The highest BCUT2D eigenvalue weighted by molar-refractivity contribution is 5.77. The van der Waals surface area contributed by atoms with E-state index >= 15 is 0 Å². The van der Waals surface area contributed by atoms with Gasteiger partial charge in [0.1, 0.15) is 5.78 Å². The van der Waals surface area contributed by atoms with E-state index in [4.69, 9.17) is 10.8 Å². The van der Waals surface area contributed by atoms with Crippen molar-refractivity contribution in [1.82, 2.24) is 0 Å². The smallest absolute Gasteiger partial charge is 0.303 e. The highest BCUT2D eigenvalue weighted by atomic mass is 16.4. The zero-order valence-corrected chi connectivity index (χ0v) is 6.26. The van der Waals surface area contributed by atoms with Crippen molar-refractivity contribution >= 4 is 11.8 Å². The number of aliphatic carboxylic acids is 1. The number of Topliss-reactive ketones (excluding diaryl/α,β-unsaturated/α-hetero) is 1. The summed E-state index contributed by atoms with van der Waals surface area (Å²) in [6.07, 6.45) is 0.222. The van der Waals surface area contributed by atoms with Crippen molar-refractivity contribution in [3.8, 4) is 0 Å². The third-order valence-electron chi connectivity index (χ3n) is 0.590. The van der Waals surface area contributed by atoms with E-state index in [9.17, 15) is 9.59 Å². The fourth-order valence-corrected chi connectivity index (χ4v) is 0. The van der Waals surface area contributed by atoms with Gasteiger partial charge in [0.05, 0.1) is 6.54 Å². The zero-order valence-electron chi connectivity index (χ0n) is 6.26. The summed E-state index contributed by atoms with van der Waals surface area (Å²) in [5.74, 6) is -0.713. The van der Waals surface area contributed by atoms with Gasteiger partial charge in [0.2, 0.25) is 0 Å². The molecule has 0 saturated heterocycles. The van der Waals surface area contributed by atoms with Gasteiger partial charge in [-0.15, -0.1) is 0 Å². The van der Waals surface area contributed by atoms with Crippen LogP contribution in [0.4, 0.5) is 0 Å². The van der Waals surface area contributed by atoms with Crippen molar-refractivity contribution in [3.63, 3.8) is 0 Å². The van der Waals surface area contributed by atoms with Crippen molar-refractivity contribution in [2.75, 3.05) is 6.54 Å². The first-order valence-corrected chi connectivity index (χ1v) is 2.95. The van der Waals surface area contributed by atoms with Gasteiger partial charge in [0.25, 0.3) is 0 Å². The Kier molecular flexibility index (Phi) is 9.59. The van der Waals surface area contributed by atoms with Crippen LogP contribution in [0.2, 0.25) is 0 Å². The maximum Gasteiger partial charge on any atom is 0.303 e. The third kappa shape index (κ3) is 27.5. The monoisotopic (exact) mass is 147 g/mol. The van der Waals surface area contributed by atoms with Crippen LogP contribution in [0.15, 0.2) is 0 Å². The van der Waals surface area contributed by atoms with Crippen LogP contribution in [0.5, 0.6) is 0 Å². The third-order valence-corrected chi connectivity index (χ3v) is 0.590. The summed E-state index contributed by atoms with van der Waals surface area (Å²) in [6, 6.07) is 0. The Morgan fingerprint density at radius 1 is 1.50 bits per heavy atom. The molecule has 3 N–H and O–H groups in total. The first kappa shape index (κ1) is 11.8. The number of hydrogen-bond donors (Lipinski definition) is 2. The molecule has 0 rings (SSSR count). The maximum absolute atomic E-state index is 9.69. The van der Waals surface area contributed by atoms with E-state index in [2.05, 4.69) is 0 Å². The van der Waals surface area contributed by atoms with Crippen LogP contribution in [0.1, 0.15) is 20.3 Å². The normalized spacial score (nSPS) is 7.50. The van der Waals surface area contributed by atoms with Crippen molar-refractivity contribution in [2.24, 2.45) is 5.73 Å². The van der Waals surface area contributed by atoms with Crippen LogP contribution in [0, 0.1) is 0 Å². The lowest BCUT2D eigenvalue weighted by Crippen LogP contribution is -2.07. The lowest BCUT2D eigenvalue weighted by molar-refractivity contribution is -0.136. The molecule has 0 aliphatic heterocycles. The minimum Gasteiger partial charge on any atom is -0.481 e. The molecule has 0 heterocycles. The fraction of sp³-hybridized carbons (Fsp3) is 0.667. The SMILES string of the molecule is CC(=O)CN.CCC(=O)O. The van der Waals surface area contributed by atoms with E-state index in [-0.39, 0.29) is 18.7 Å². The summed E-state index contributed by atoms with van der Waals surface area (Å²) in [5, 5.41) is 7.72. The van der Waals surface area contributed by atoms with Gasteiger partial charge in [-0.3, -0.25) is 9.59 Å². The van der Waals surface area contributed by atoms with Crippen molar-refractivity contribution in [2.45, 2.75) is 20.3 Å². The van der Waals surface area contributed by atoms with Crippen LogP contribution in [-0.4, -0.2) is 23.4 Å². The summed E-state index contributed by atoms with van der Waals surface area (Å²) in [6.45, 7) is 3.22. The molecule has 0 aromatic carbocycles. The second kappa shape index (κ2) is 8.10. The highest BCUT2D eigenvalue weighted by Crippen LogP contribution is 1.67. The molecule has 0 aromatic heterocycles. The number of rotatable bonds is 2. The Bertz CT molecular complexity index is 97.6. The Labute approximate surface area is 60.0 Å². The number of carboxylic acids is 1. The summed E-state index contributed by atoms with van der Waals surface area (Å²) in [7, 11) is 0. The van der Waals surface area contributed by atoms with E-state index in [1.54, 1.807) is 6.92 Å². The van der Waals surface area contributed by atoms with Crippen LogP contribution < -0.4 is 5.73 Å². The topological polar surface area (TPSA) is 80.4 Å². The second-order valence-electron chi connectivity index (χ2n) is 1.65. The molecule has 0 aliphatic carbocycles. The van der Waals surface area contributed by atoms with E-state index in [0.29, 0.717) is 0 Å². The quantitative estimate of drug-likeness (QED) is 0.576. The molecular formula is C6H13NO3. The van der Waals surface area contributed by atoms with Gasteiger partial charge in [-0.05, 0) is 6.92 Å². The number of nitrogens with two attached hydrogens (primary N) is 1. The van der Waals surface area contributed by atoms with Gasteiger partial charge >= 0.3 is 5.97 Å². The van der Waals surface area contributed by atoms with Crippen molar-refractivity contribution in [3.05, 3.63) is 0 Å². The number of hydrogen-bond acceptors (Lipinski definition) is 3. The van der Waals surface area contributed by atoms with E-state index in [0.717, 1.165) is 0 Å². The highest BCUT2D eigenvalue weighted by Gasteiger charge is 1.80. The van der Waals surface area contributed by atoms with Gasteiger partial charge in [0.15, 0.2) is 0 Å². The molecule has 4 heteroatoms. The van der Waals surface area contributed by atoms with Gasteiger partial charge in [-0.1, -0.05) is 6.92 Å². The predicted molar refractivity (Wildman–Crippen MR) is 37.7 cm³/mol. The Morgan fingerprint density at radius 3 is 1.70 bits per heavy atom. The van der Waals surface area contributed by atoms with Gasteiger partial charge in [0, 0.05) is 6.42 Å². The summed E-state index contributed by atoms with van der Waals surface area (Å²) in [4.78, 5) is 19.1. The molecule has 0 fully saturated rings. The molecule has 0 aromatic rings. The Balaban J connectivity index is 0. The zero-order chi connectivity index (χ0) is 8.57. The van der Waals surface area contributed by atoms with Crippen LogP contribution in [-0.2, 0) is 9.59 Å². The minimum atomic E-state index is -0.745. The van der Waals surface area contributed by atoms with Crippen molar-refractivity contribution < 1.29 is 14.7 Å². The summed E-state index contributed by atoms with van der Waals surface area (Å²) < 4.78 is 0. The van der Waals surface area contributed by atoms with Crippen LogP contribution in [0.25, 0.3) is 0 Å². The van der Waals surface area contributed by atoms with E-state index in [1.807, 2.05) is 0 Å². The van der Waals surface area contributed by atoms with Gasteiger partial charge in [-0.25, -0.2) is 0 Å². The average Bonchev–Trinajstić information content (AvgIpc) is 1.89. The molecule has 0 unspecified atom stereocenters. The lowest BCUT2D eigenvalue weighted by atomic mass is 10.5. The van der Waals surface area contributed by atoms with Crippen molar-refractivity contribution in [1.29, 1.82) is 0 Å². The van der Waals surface area contributed by atoms with E-state index < -0.39 is 5.97 Å². The molecule has 4 nitrogen and oxygen atoms in total. The summed E-state index contributed by atoms with van der Waals surface area (Å²) >= 11 is 0. The molecule has 0 atom stereocenters. The molecule has 0 saturated carbocycles. The first-order valence-electron chi connectivity index (χ1n) is 2.95. The van der Waals surface area contributed by atoms with Gasteiger partial charge < -0.3 is 10.8 Å². The number of carbonyl (C=O) groups is 2. The maximum atomic E-state index is 9.69. The Morgan fingerprint density at radius 2 is 1.70 bits per heavy atom. The number of carboxylic acid groups (broad SMARTS) is 1. The number of ketones is 1. The van der Waals surface area contributed by atoms with Crippen LogP contribution >= 0.6 is 0 Å². The first-order chi connectivity index (χ1) is 4.54. The molecule has 0 radical (unpaired) electrons.